The van der Waals surface area contributed by atoms with Crippen LogP contribution in [-0.4, -0.2) is 11.6 Å². The summed E-state index contributed by atoms with van der Waals surface area (Å²) in [6, 6.07) is 5.44. The second-order valence-corrected chi connectivity index (χ2v) is 5.03. The largest absolute Gasteiger partial charge is 0.374 e. The molecule has 2 rings (SSSR count). The zero-order valence-corrected chi connectivity index (χ0v) is 12.0. The molecule has 0 spiro atoms. The highest BCUT2D eigenvalue weighted by Crippen LogP contribution is 2.31. The first-order chi connectivity index (χ1) is 9.27. The average molecular weight is 279 g/mol. The van der Waals surface area contributed by atoms with E-state index in [4.69, 9.17) is 4.74 Å². The molecule has 1 heterocycles. The quantitative estimate of drug-likeness (QED) is 0.755. The summed E-state index contributed by atoms with van der Waals surface area (Å²) in [6.07, 6.45) is 1.62. The molecule has 0 saturated carbocycles. The molecule has 19 heavy (non-hydrogen) atoms. The predicted octanol–water partition coefficient (Wildman–Crippen LogP) is 4.83. The van der Waals surface area contributed by atoms with Crippen LogP contribution in [0.2, 0.25) is 0 Å². The molecule has 0 aliphatic rings. The molecule has 1 aromatic heterocycles. The summed E-state index contributed by atoms with van der Waals surface area (Å²) in [6.45, 7) is 4.60. The molecule has 0 saturated heterocycles. The third-order valence-corrected chi connectivity index (χ3v) is 3.59. The lowest BCUT2D eigenvalue weighted by Crippen LogP contribution is -2.07. The van der Waals surface area contributed by atoms with Crippen molar-refractivity contribution < 1.29 is 9.13 Å². The standard InChI is InChI=1S/C15H18FNOS/c1-3-6-14(18-4-2)12-8-5-7-11(15(12)16)13-9-19-10-17-13/h5,7-10,14H,3-4,6H2,1-2H3. The molecule has 1 atom stereocenters. The first-order valence-corrected chi connectivity index (χ1v) is 7.50. The summed E-state index contributed by atoms with van der Waals surface area (Å²) >= 11 is 1.47. The van der Waals surface area contributed by atoms with Crippen LogP contribution in [0.3, 0.4) is 0 Å². The lowest BCUT2D eigenvalue weighted by molar-refractivity contribution is 0.0532. The Bertz CT molecular complexity index is 507. The van der Waals surface area contributed by atoms with Crippen LogP contribution in [0.4, 0.5) is 4.39 Å². The maximum absolute atomic E-state index is 14.6. The molecule has 0 amide bonds. The van der Waals surface area contributed by atoms with E-state index in [9.17, 15) is 4.39 Å². The Kier molecular flexibility index (Phi) is 5.05. The van der Waals surface area contributed by atoms with E-state index in [1.165, 1.54) is 11.3 Å². The van der Waals surface area contributed by atoms with Crippen molar-refractivity contribution >= 4 is 11.3 Å². The van der Waals surface area contributed by atoms with Crippen LogP contribution in [0.25, 0.3) is 11.3 Å². The second-order valence-electron chi connectivity index (χ2n) is 4.32. The zero-order chi connectivity index (χ0) is 13.7. The molecule has 0 N–H and O–H groups in total. The molecule has 0 aliphatic carbocycles. The Morgan fingerprint density at radius 3 is 2.84 bits per heavy atom. The highest BCUT2D eigenvalue weighted by Gasteiger charge is 2.18. The molecule has 0 fully saturated rings. The molecular weight excluding hydrogens is 261 g/mol. The number of hydrogen-bond donors (Lipinski definition) is 0. The average Bonchev–Trinajstić information content (AvgIpc) is 2.93. The molecular formula is C15H18FNOS. The van der Waals surface area contributed by atoms with Crippen LogP contribution in [0.5, 0.6) is 0 Å². The van der Waals surface area contributed by atoms with Gasteiger partial charge in [0.15, 0.2) is 0 Å². The normalized spacial score (nSPS) is 12.6. The van der Waals surface area contributed by atoms with Gasteiger partial charge in [0.05, 0.1) is 17.3 Å². The summed E-state index contributed by atoms with van der Waals surface area (Å²) in [5.41, 5.74) is 3.60. The van der Waals surface area contributed by atoms with Gasteiger partial charge in [0, 0.05) is 23.1 Å². The fraction of sp³-hybridized carbons (Fsp3) is 0.400. The van der Waals surface area contributed by atoms with Crippen molar-refractivity contribution in [1.82, 2.24) is 4.98 Å². The van der Waals surface area contributed by atoms with Crippen molar-refractivity contribution in [2.75, 3.05) is 6.61 Å². The molecule has 1 unspecified atom stereocenters. The molecule has 2 nitrogen and oxygen atoms in total. The van der Waals surface area contributed by atoms with Crippen LogP contribution in [0, 0.1) is 5.82 Å². The van der Waals surface area contributed by atoms with Gasteiger partial charge in [0.1, 0.15) is 5.82 Å². The molecule has 4 heteroatoms. The van der Waals surface area contributed by atoms with Crippen molar-refractivity contribution in [2.45, 2.75) is 32.8 Å². The summed E-state index contributed by atoms with van der Waals surface area (Å²) in [5, 5.41) is 1.86. The van der Waals surface area contributed by atoms with E-state index in [0.717, 1.165) is 12.8 Å². The molecule has 0 bridgehead atoms. The first kappa shape index (κ1) is 14.2. The number of thiazole rings is 1. The van der Waals surface area contributed by atoms with Crippen molar-refractivity contribution in [3.05, 3.63) is 40.5 Å². The van der Waals surface area contributed by atoms with E-state index in [-0.39, 0.29) is 11.9 Å². The van der Waals surface area contributed by atoms with E-state index in [2.05, 4.69) is 11.9 Å². The zero-order valence-electron chi connectivity index (χ0n) is 11.2. The second kappa shape index (κ2) is 6.78. The number of ether oxygens (including phenoxy) is 1. The van der Waals surface area contributed by atoms with E-state index in [1.54, 1.807) is 17.6 Å². The van der Waals surface area contributed by atoms with Crippen LogP contribution >= 0.6 is 11.3 Å². The number of rotatable bonds is 6. The van der Waals surface area contributed by atoms with E-state index < -0.39 is 0 Å². The molecule has 102 valence electrons. The minimum atomic E-state index is -0.208. The Morgan fingerprint density at radius 2 is 2.21 bits per heavy atom. The van der Waals surface area contributed by atoms with Gasteiger partial charge >= 0.3 is 0 Å². The van der Waals surface area contributed by atoms with Gasteiger partial charge in [0.2, 0.25) is 0 Å². The monoisotopic (exact) mass is 279 g/mol. The molecule has 1 aromatic carbocycles. The molecule has 0 aliphatic heterocycles. The lowest BCUT2D eigenvalue weighted by atomic mass is 10.0. The van der Waals surface area contributed by atoms with Gasteiger partial charge in [-0.05, 0) is 19.4 Å². The van der Waals surface area contributed by atoms with Crippen LogP contribution in [0.15, 0.2) is 29.1 Å². The fourth-order valence-corrected chi connectivity index (χ4v) is 2.69. The Balaban J connectivity index is 2.38. The molecule has 0 radical (unpaired) electrons. The minimum absolute atomic E-state index is 0.173. The topological polar surface area (TPSA) is 22.1 Å². The number of nitrogens with zero attached hydrogens (tertiary/aromatic N) is 1. The molecule has 2 aromatic rings. The van der Waals surface area contributed by atoms with Crippen molar-refractivity contribution in [3.8, 4) is 11.3 Å². The Hall–Kier alpha value is -1.26. The number of benzene rings is 1. The Labute approximate surface area is 117 Å². The summed E-state index contributed by atoms with van der Waals surface area (Å²) in [4.78, 5) is 4.18. The SMILES string of the molecule is CCCC(OCC)c1cccc(-c2cscn2)c1F. The highest BCUT2D eigenvalue weighted by atomic mass is 32.1. The van der Waals surface area contributed by atoms with Gasteiger partial charge in [-0.3, -0.25) is 0 Å². The third-order valence-electron chi connectivity index (χ3n) is 3.00. The summed E-state index contributed by atoms with van der Waals surface area (Å²) < 4.78 is 20.3. The lowest BCUT2D eigenvalue weighted by Gasteiger charge is -2.18. The fourth-order valence-electron chi connectivity index (χ4n) is 2.13. The van der Waals surface area contributed by atoms with Crippen molar-refractivity contribution in [2.24, 2.45) is 0 Å². The van der Waals surface area contributed by atoms with Crippen LogP contribution < -0.4 is 0 Å². The highest BCUT2D eigenvalue weighted by molar-refractivity contribution is 7.07. The van der Waals surface area contributed by atoms with Crippen LogP contribution in [0.1, 0.15) is 38.4 Å². The first-order valence-electron chi connectivity index (χ1n) is 6.56. The van der Waals surface area contributed by atoms with Gasteiger partial charge in [-0.15, -0.1) is 11.3 Å². The maximum Gasteiger partial charge on any atom is 0.138 e. The number of halogens is 1. The van der Waals surface area contributed by atoms with E-state index >= 15 is 0 Å². The predicted molar refractivity (Wildman–Crippen MR) is 76.8 cm³/mol. The number of hydrogen-bond acceptors (Lipinski definition) is 3. The van der Waals surface area contributed by atoms with Gasteiger partial charge in [0.25, 0.3) is 0 Å². The minimum Gasteiger partial charge on any atom is -0.374 e. The number of aromatic nitrogens is 1. The Morgan fingerprint density at radius 1 is 1.37 bits per heavy atom. The van der Waals surface area contributed by atoms with E-state index in [0.29, 0.717) is 23.4 Å². The maximum atomic E-state index is 14.6. The van der Waals surface area contributed by atoms with Crippen molar-refractivity contribution in [3.63, 3.8) is 0 Å². The van der Waals surface area contributed by atoms with Crippen molar-refractivity contribution in [1.29, 1.82) is 0 Å². The van der Waals surface area contributed by atoms with Gasteiger partial charge in [-0.1, -0.05) is 25.5 Å². The van der Waals surface area contributed by atoms with E-state index in [1.807, 2.05) is 18.4 Å². The smallest absolute Gasteiger partial charge is 0.138 e. The third kappa shape index (κ3) is 3.19. The van der Waals surface area contributed by atoms with Gasteiger partial charge in [-0.2, -0.15) is 0 Å². The van der Waals surface area contributed by atoms with Crippen LogP contribution in [-0.2, 0) is 4.74 Å². The summed E-state index contributed by atoms with van der Waals surface area (Å²) in [5.74, 6) is -0.208. The summed E-state index contributed by atoms with van der Waals surface area (Å²) in [7, 11) is 0. The van der Waals surface area contributed by atoms with Gasteiger partial charge < -0.3 is 4.74 Å². The van der Waals surface area contributed by atoms with Gasteiger partial charge in [-0.25, -0.2) is 9.37 Å².